The van der Waals surface area contributed by atoms with E-state index in [1.165, 1.54) is 24.3 Å². The van der Waals surface area contributed by atoms with Crippen molar-refractivity contribution in [3.05, 3.63) is 83.1 Å². The molecule has 8 heteroatoms. The van der Waals surface area contributed by atoms with E-state index in [4.69, 9.17) is 9.15 Å². The smallest absolute Gasteiger partial charge is 0.228 e. The van der Waals surface area contributed by atoms with Gasteiger partial charge >= 0.3 is 0 Å². The Morgan fingerprint density at radius 1 is 1.04 bits per heavy atom. The fraction of sp³-hybridized carbons (Fsp3) is 0.0526. The van der Waals surface area contributed by atoms with Crippen LogP contribution in [-0.4, -0.2) is 14.7 Å². The topological polar surface area (TPSA) is 73.6 Å². The molecular weight excluding hydrogens is 378 g/mol. The maximum Gasteiger partial charge on any atom is 0.228 e. The van der Waals surface area contributed by atoms with Crippen LogP contribution in [0.2, 0.25) is 0 Å². The zero-order chi connectivity index (χ0) is 19.8. The Morgan fingerprint density at radius 3 is 2.30 bits per heavy atom. The Kier molecular flexibility index (Phi) is 4.84. The summed E-state index contributed by atoms with van der Waals surface area (Å²) in [6, 6.07) is 9.21. The van der Waals surface area contributed by atoms with Gasteiger partial charge in [0.05, 0.1) is 4.90 Å². The lowest BCUT2D eigenvalue weighted by Gasteiger charge is -2.11. The first-order valence-corrected chi connectivity index (χ1v) is 9.48. The summed E-state index contributed by atoms with van der Waals surface area (Å²) < 4.78 is 60.9. The monoisotopic (exact) mass is 391 g/mol. The molecule has 1 radical (unpaired) electrons. The van der Waals surface area contributed by atoms with Crippen LogP contribution in [0.3, 0.4) is 0 Å². The molecule has 5 nitrogen and oxygen atoms in total. The molecule has 0 saturated heterocycles. The molecule has 139 valence electrons. The van der Waals surface area contributed by atoms with Gasteiger partial charge in [-0.05, 0) is 36.4 Å². The number of hydrogen-bond acceptors (Lipinski definition) is 5. The third kappa shape index (κ3) is 4.06. The molecule has 3 aromatic rings. The van der Waals surface area contributed by atoms with Gasteiger partial charge in [0, 0.05) is 30.9 Å². The third-order valence-corrected chi connectivity index (χ3v) is 4.73. The van der Waals surface area contributed by atoms with Crippen LogP contribution in [0.4, 0.5) is 8.78 Å². The summed E-state index contributed by atoms with van der Waals surface area (Å²) in [6.45, 7) is 3.56. The van der Waals surface area contributed by atoms with Crippen molar-refractivity contribution in [3.63, 3.8) is 0 Å². The van der Waals surface area contributed by atoms with Crippen molar-refractivity contribution in [1.82, 2.24) is 0 Å². The van der Waals surface area contributed by atoms with Crippen LogP contribution < -0.4 is 10.2 Å². The lowest BCUT2D eigenvalue weighted by Crippen LogP contribution is -2.07. The third-order valence-electron chi connectivity index (χ3n) is 3.61. The summed E-state index contributed by atoms with van der Waals surface area (Å²) in [7, 11) is -3.41. The highest BCUT2D eigenvalue weighted by Crippen LogP contribution is 2.33. The summed E-state index contributed by atoms with van der Waals surface area (Å²) in [5, 5.41) is 0. The molecule has 0 spiro atoms. The molecule has 3 rings (SSSR count). The van der Waals surface area contributed by atoms with Crippen LogP contribution in [0.25, 0.3) is 11.3 Å². The van der Waals surface area contributed by atoms with Gasteiger partial charge in [0.15, 0.2) is 27.2 Å². The molecule has 0 atom stereocenters. The molecular formula is C19H13F2O5S. The van der Waals surface area contributed by atoms with Crippen LogP contribution in [0.1, 0.15) is 5.76 Å². The van der Waals surface area contributed by atoms with E-state index in [9.17, 15) is 22.0 Å². The average Bonchev–Trinajstić information content (AvgIpc) is 2.58. The number of ether oxygens (including phenoxy) is 1. The minimum absolute atomic E-state index is 0.0362. The van der Waals surface area contributed by atoms with E-state index in [1.54, 1.807) is 0 Å². The second-order valence-corrected chi connectivity index (χ2v) is 7.72. The van der Waals surface area contributed by atoms with Gasteiger partial charge in [-0.15, -0.1) is 0 Å². The van der Waals surface area contributed by atoms with Gasteiger partial charge in [-0.3, -0.25) is 4.79 Å². The molecule has 0 aliphatic carbocycles. The number of hydrogen-bond donors (Lipinski definition) is 0. The molecule has 2 aromatic carbocycles. The Balaban J connectivity index is 2.12. The zero-order valence-electron chi connectivity index (χ0n) is 14.0. The fourth-order valence-electron chi connectivity index (χ4n) is 2.34. The normalized spacial score (nSPS) is 11.4. The summed E-state index contributed by atoms with van der Waals surface area (Å²) in [4.78, 5) is 12.4. The quantitative estimate of drug-likeness (QED) is 0.673. The van der Waals surface area contributed by atoms with Gasteiger partial charge in [-0.25, -0.2) is 17.2 Å². The number of halogens is 2. The second kappa shape index (κ2) is 6.96. The molecule has 0 aliphatic heterocycles. The maximum atomic E-state index is 13.9. The highest BCUT2D eigenvalue weighted by Gasteiger charge is 2.18. The minimum atomic E-state index is -3.41. The van der Waals surface area contributed by atoms with Crippen LogP contribution in [0, 0.1) is 18.6 Å². The zero-order valence-corrected chi connectivity index (χ0v) is 14.8. The van der Waals surface area contributed by atoms with Gasteiger partial charge in [0.2, 0.25) is 11.2 Å². The largest absolute Gasteiger partial charge is 0.457 e. The summed E-state index contributed by atoms with van der Waals surface area (Å²) in [5.41, 5.74) is -0.306. The highest BCUT2D eigenvalue weighted by molar-refractivity contribution is 7.90. The standard InChI is InChI=1S/C19H13F2O5S/c1-11-9-16(22)19(26-17-8-5-13(20)10-15(17)21)18(25-11)12-3-6-14(7-4-12)27(2,23)24/h3-10H,1H2,2H3. The van der Waals surface area contributed by atoms with Crippen molar-refractivity contribution in [2.45, 2.75) is 4.90 Å². The number of benzene rings is 2. The molecule has 1 heterocycles. The molecule has 0 unspecified atom stereocenters. The lowest BCUT2D eigenvalue weighted by molar-refractivity contribution is 0.414. The van der Waals surface area contributed by atoms with Crippen molar-refractivity contribution in [3.8, 4) is 22.8 Å². The van der Waals surface area contributed by atoms with E-state index in [1.807, 2.05) is 0 Å². The molecule has 0 aliphatic rings. The van der Waals surface area contributed by atoms with Crippen molar-refractivity contribution in [1.29, 1.82) is 0 Å². The van der Waals surface area contributed by atoms with Gasteiger partial charge in [0.1, 0.15) is 11.6 Å². The van der Waals surface area contributed by atoms with Crippen LogP contribution in [0.15, 0.2) is 62.6 Å². The van der Waals surface area contributed by atoms with Crippen LogP contribution >= 0.6 is 0 Å². The Labute approximate surface area is 153 Å². The van der Waals surface area contributed by atoms with E-state index in [0.29, 0.717) is 11.6 Å². The van der Waals surface area contributed by atoms with E-state index in [-0.39, 0.29) is 27.9 Å². The maximum absolute atomic E-state index is 13.9. The summed E-state index contributed by atoms with van der Waals surface area (Å²) >= 11 is 0. The molecule has 0 bridgehead atoms. The van der Waals surface area contributed by atoms with Crippen LogP contribution in [-0.2, 0) is 9.84 Å². The van der Waals surface area contributed by atoms with Crippen LogP contribution in [0.5, 0.6) is 11.5 Å². The fourth-order valence-corrected chi connectivity index (χ4v) is 2.97. The molecule has 0 N–H and O–H groups in total. The lowest BCUT2D eigenvalue weighted by atomic mass is 10.1. The van der Waals surface area contributed by atoms with Crippen molar-refractivity contribution >= 4 is 9.84 Å². The first-order chi connectivity index (χ1) is 12.6. The second-order valence-electron chi connectivity index (χ2n) is 5.71. The van der Waals surface area contributed by atoms with E-state index in [0.717, 1.165) is 24.5 Å². The average molecular weight is 391 g/mol. The van der Waals surface area contributed by atoms with E-state index in [2.05, 4.69) is 6.92 Å². The highest BCUT2D eigenvalue weighted by atomic mass is 32.2. The summed E-state index contributed by atoms with van der Waals surface area (Å²) in [5.74, 6) is -2.51. The molecule has 1 aromatic heterocycles. The SMILES string of the molecule is [CH2]c1cc(=O)c(Oc2ccc(F)cc2F)c(-c2ccc(S(C)(=O)=O)cc2)o1. The molecule has 0 saturated carbocycles. The molecule has 27 heavy (non-hydrogen) atoms. The molecule has 0 fully saturated rings. The van der Waals surface area contributed by atoms with E-state index >= 15 is 0 Å². The van der Waals surface area contributed by atoms with Gasteiger partial charge in [-0.1, -0.05) is 0 Å². The first kappa shape index (κ1) is 18.8. The van der Waals surface area contributed by atoms with Gasteiger partial charge in [0.25, 0.3) is 0 Å². The Hall–Kier alpha value is -3.00. The van der Waals surface area contributed by atoms with Crippen molar-refractivity contribution in [2.24, 2.45) is 0 Å². The number of sulfone groups is 1. The van der Waals surface area contributed by atoms with Crippen molar-refractivity contribution in [2.75, 3.05) is 6.26 Å². The Bertz CT molecular complexity index is 1170. The predicted octanol–water partition coefficient (Wildman–Crippen LogP) is 3.96. The van der Waals surface area contributed by atoms with Crippen molar-refractivity contribution < 1.29 is 26.4 Å². The summed E-state index contributed by atoms with van der Waals surface area (Å²) in [6.07, 6.45) is 1.06. The predicted molar refractivity (Wildman–Crippen MR) is 94.4 cm³/mol. The Morgan fingerprint density at radius 2 is 1.70 bits per heavy atom. The molecule has 0 amide bonds. The van der Waals surface area contributed by atoms with Gasteiger partial charge < -0.3 is 9.15 Å². The van der Waals surface area contributed by atoms with E-state index < -0.39 is 26.9 Å². The van der Waals surface area contributed by atoms with Gasteiger partial charge in [-0.2, -0.15) is 0 Å². The minimum Gasteiger partial charge on any atom is -0.457 e. The first-order valence-electron chi connectivity index (χ1n) is 7.58. The number of rotatable bonds is 4.